The predicted octanol–water partition coefficient (Wildman–Crippen LogP) is 3.33. The zero-order chi connectivity index (χ0) is 8.77. The fraction of sp³-hybridized carbons (Fsp3) is 0.250. The number of halogens is 3. The van der Waals surface area contributed by atoms with Crippen LogP contribution in [-0.2, 0) is 6.42 Å². The molecule has 0 atom stereocenters. The third-order valence-corrected chi connectivity index (χ3v) is 3.14. The molecule has 0 saturated heterocycles. The van der Waals surface area contributed by atoms with Crippen LogP contribution in [0.3, 0.4) is 0 Å². The Labute approximate surface area is 85.9 Å². The van der Waals surface area contributed by atoms with Crippen LogP contribution in [0, 0.1) is 0 Å². The minimum Gasteiger partial charge on any atom is -0.250 e. The summed E-state index contributed by atoms with van der Waals surface area (Å²) in [4.78, 5) is 0. The standard InChI is InChI=1S/C8H6Cl3N/c9-8(10)5-6-3-1-2-4-7(6)12(8)11/h1-4H,5H2. The Hall–Kier alpha value is -0.110. The zero-order valence-electron chi connectivity index (χ0n) is 6.10. The fourth-order valence-electron chi connectivity index (χ4n) is 1.33. The number of anilines is 1. The second-order valence-electron chi connectivity index (χ2n) is 2.75. The molecule has 1 heterocycles. The van der Waals surface area contributed by atoms with Gasteiger partial charge in [-0.25, -0.2) is 4.42 Å². The average Bonchev–Trinajstić information content (AvgIpc) is 2.24. The number of para-hydroxylation sites is 1. The van der Waals surface area contributed by atoms with Crippen molar-refractivity contribution in [1.29, 1.82) is 0 Å². The van der Waals surface area contributed by atoms with Crippen molar-refractivity contribution in [2.75, 3.05) is 4.42 Å². The quantitative estimate of drug-likeness (QED) is 0.370. The van der Waals surface area contributed by atoms with E-state index in [1.807, 2.05) is 24.3 Å². The summed E-state index contributed by atoms with van der Waals surface area (Å²) in [6.07, 6.45) is 0.565. The van der Waals surface area contributed by atoms with Crippen LogP contribution < -0.4 is 4.42 Å². The molecular formula is C8H6Cl3N. The Bertz CT molecular complexity index is 311. The summed E-state index contributed by atoms with van der Waals surface area (Å²) in [7, 11) is 0. The molecule has 1 aliphatic rings. The SMILES string of the molecule is ClN1c2ccccc2CC1(Cl)Cl. The Morgan fingerprint density at radius 1 is 1.25 bits per heavy atom. The summed E-state index contributed by atoms with van der Waals surface area (Å²) in [6, 6.07) is 7.72. The predicted molar refractivity (Wildman–Crippen MR) is 52.9 cm³/mol. The van der Waals surface area contributed by atoms with E-state index in [2.05, 4.69) is 0 Å². The summed E-state index contributed by atoms with van der Waals surface area (Å²) >= 11 is 17.8. The van der Waals surface area contributed by atoms with Gasteiger partial charge in [0.15, 0.2) is 0 Å². The first-order valence-electron chi connectivity index (χ1n) is 3.53. The third kappa shape index (κ3) is 1.17. The number of benzene rings is 1. The number of fused-ring (bicyclic) bond motifs is 1. The van der Waals surface area contributed by atoms with Crippen molar-refractivity contribution in [3.8, 4) is 0 Å². The molecule has 1 aromatic carbocycles. The molecular weight excluding hydrogens is 216 g/mol. The van der Waals surface area contributed by atoms with Gasteiger partial charge in [0, 0.05) is 18.2 Å². The highest BCUT2D eigenvalue weighted by atomic mass is 35.5. The van der Waals surface area contributed by atoms with Crippen molar-refractivity contribution in [2.24, 2.45) is 0 Å². The molecule has 12 heavy (non-hydrogen) atoms. The molecule has 64 valence electrons. The molecule has 0 aliphatic carbocycles. The van der Waals surface area contributed by atoms with Crippen LogP contribution in [0.2, 0.25) is 0 Å². The fourth-order valence-corrected chi connectivity index (χ4v) is 2.02. The lowest BCUT2D eigenvalue weighted by molar-refractivity contribution is 0.875. The molecule has 0 saturated carbocycles. The molecule has 0 unspecified atom stereocenters. The van der Waals surface area contributed by atoms with Gasteiger partial charge in [-0.2, -0.15) is 0 Å². The first-order chi connectivity index (χ1) is 5.61. The van der Waals surface area contributed by atoms with Gasteiger partial charge >= 0.3 is 0 Å². The van der Waals surface area contributed by atoms with Crippen LogP contribution in [0.15, 0.2) is 24.3 Å². The molecule has 0 amide bonds. The van der Waals surface area contributed by atoms with Crippen molar-refractivity contribution in [3.63, 3.8) is 0 Å². The van der Waals surface area contributed by atoms with Crippen molar-refractivity contribution in [2.45, 2.75) is 10.9 Å². The van der Waals surface area contributed by atoms with Crippen LogP contribution in [0.25, 0.3) is 0 Å². The van der Waals surface area contributed by atoms with Gasteiger partial charge < -0.3 is 0 Å². The van der Waals surface area contributed by atoms with Gasteiger partial charge in [-0.15, -0.1) is 0 Å². The highest BCUT2D eigenvalue weighted by molar-refractivity contribution is 6.54. The van der Waals surface area contributed by atoms with Crippen LogP contribution in [0.5, 0.6) is 0 Å². The molecule has 0 aromatic heterocycles. The summed E-state index contributed by atoms with van der Waals surface area (Å²) in [6.45, 7) is 0. The Kier molecular flexibility index (Phi) is 1.90. The molecule has 0 N–H and O–H groups in total. The van der Waals surface area contributed by atoms with E-state index in [4.69, 9.17) is 35.0 Å². The van der Waals surface area contributed by atoms with E-state index in [-0.39, 0.29) is 0 Å². The van der Waals surface area contributed by atoms with Crippen LogP contribution >= 0.6 is 35.0 Å². The summed E-state index contributed by atoms with van der Waals surface area (Å²) < 4.78 is 0.372. The van der Waals surface area contributed by atoms with E-state index in [1.165, 1.54) is 4.42 Å². The van der Waals surface area contributed by atoms with Gasteiger partial charge in [0.25, 0.3) is 0 Å². The minimum absolute atomic E-state index is 0.565. The van der Waals surface area contributed by atoms with Crippen molar-refractivity contribution in [1.82, 2.24) is 0 Å². The van der Waals surface area contributed by atoms with E-state index in [0.717, 1.165) is 11.3 Å². The minimum atomic E-state index is -0.995. The number of alkyl halides is 2. The Morgan fingerprint density at radius 2 is 1.92 bits per heavy atom. The number of nitrogens with zero attached hydrogens (tertiary/aromatic N) is 1. The average molecular weight is 223 g/mol. The van der Waals surface area contributed by atoms with Gasteiger partial charge in [0.1, 0.15) is 0 Å². The molecule has 1 aromatic rings. The summed E-state index contributed by atoms with van der Waals surface area (Å²) in [5.74, 6) is 0. The normalized spacial score (nSPS) is 19.4. The smallest absolute Gasteiger partial charge is 0.208 e. The molecule has 2 rings (SSSR count). The zero-order valence-corrected chi connectivity index (χ0v) is 8.37. The van der Waals surface area contributed by atoms with Gasteiger partial charge in [-0.3, -0.25) is 0 Å². The van der Waals surface area contributed by atoms with Crippen molar-refractivity contribution >= 4 is 40.7 Å². The van der Waals surface area contributed by atoms with Crippen LogP contribution in [0.1, 0.15) is 5.56 Å². The third-order valence-electron chi connectivity index (χ3n) is 1.89. The monoisotopic (exact) mass is 221 g/mol. The van der Waals surface area contributed by atoms with Gasteiger partial charge in [-0.1, -0.05) is 41.4 Å². The summed E-state index contributed by atoms with van der Waals surface area (Å²) in [5.41, 5.74) is 1.97. The van der Waals surface area contributed by atoms with E-state index >= 15 is 0 Å². The van der Waals surface area contributed by atoms with Gasteiger partial charge in [-0.05, 0) is 11.6 Å². The first-order valence-corrected chi connectivity index (χ1v) is 4.62. The lowest BCUT2D eigenvalue weighted by Gasteiger charge is -2.20. The molecule has 0 radical (unpaired) electrons. The molecule has 1 nitrogen and oxygen atoms in total. The van der Waals surface area contributed by atoms with Crippen molar-refractivity contribution < 1.29 is 0 Å². The Balaban J connectivity index is 2.49. The molecule has 0 fully saturated rings. The molecule has 0 spiro atoms. The second kappa shape index (κ2) is 2.69. The maximum Gasteiger partial charge on any atom is 0.208 e. The topological polar surface area (TPSA) is 3.24 Å². The first kappa shape index (κ1) is 8.49. The van der Waals surface area contributed by atoms with E-state index < -0.39 is 4.46 Å². The maximum absolute atomic E-state index is 5.94. The summed E-state index contributed by atoms with van der Waals surface area (Å²) in [5, 5.41) is 0. The van der Waals surface area contributed by atoms with Crippen LogP contribution in [0.4, 0.5) is 5.69 Å². The second-order valence-corrected chi connectivity index (χ2v) is 4.53. The highest BCUT2D eigenvalue weighted by Crippen LogP contribution is 2.44. The number of rotatable bonds is 0. The number of hydrogen-bond donors (Lipinski definition) is 0. The van der Waals surface area contributed by atoms with Gasteiger partial charge in [0.05, 0.1) is 5.69 Å². The Morgan fingerprint density at radius 3 is 2.58 bits per heavy atom. The lowest BCUT2D eigenvalue weighted by Crippen LogP contribution is -2.27. The van der Waals surface area contributed by atoms with Gasteiger partial charge in [0.2, 0.25) is 4.46 Å². The van der Waals surface area contributed by atoms with E-state index in [1.54, 1.807) is 0 Å². The largest absolute Gasteiger partial charge is 0.250 e. The number of hydrogen-bond acceptors (Lipinski definition) is 1. The van der Waals surface area contributed by atoms with Crippen LogP contribution in [-0.4, -0.2) is 4.46 Å². The van der Waals surface area contributed by atoms with E-state index in [9.17, 15) is 0 Å². The van der Waals surface area contributed by atoms with E-state index in [0.29, 0.717) is 6.42 Å². The molecule has 4 heteroatoms. The highest BCUT2D eigenvalue weighted by Gasteiger charge is 2.39. The molecule has 1 aliphatic heterocycles. The lowest BCUT2D eigenvalue weighted by atomic mass is 10.2. The maximum atomic E-state index is 5.94. The van der Waals surface area contributed by atoms with Crippen molar-refractivity contribution in [3.05, 3.63) is 29.8 Å². The molecule has 0 bridgehead atoms.